The highest BCUT2D eigenvalue weighted by Crippen LogP contribution is 2.29. The van der Waals surface area contributed by atoms with Crippen molar-refractivity contribution in [2.24, 2.45) is 0 Å². The van der Waals surface area contributed by atoms with Gasteiger partial charge in [-0.2, -0.15) is 0 Å². The molecule has 0 radical (unpaired) electrons. The highest BCUT2D eigenvalue weighted by Gasteiger charge is 2.32. The van der Waals surface area contributed by atoms with E-state index in [1.54, 1.807) is 37.1 Å². The molecule has 0 unspecified atom stereocenters. The lowest BCUT2D eigenvalue weighted by Crippen LogP contribution is -2.37. The van der Waals surface area contributed by atoms with Crippen molar-refractivity contribution in [3.63, 3.8) is 0 Å². The average molecular weight is 414 g/mol. The van der Waals surface area contributed by atoms with Crippen LogP contribution in [-0.4, -0.2) is 61.4 Å². The van der Waals surface area contributed by atoms with E-state index in [1.807, 2.05) is 6.92 Å². The molecular weight excluding hydrogens is 390 g/mol. The van der Waals surface area contributed by atoms with Gasteiger partial charge in [0, 0.05) is 17.7 Å². The van der Waals surface area contributed by atoms with Gasteiger partial charge in [-0.1, -0.05) is 6.92 Å². The first-order valence-corrected chi connectivity index (χ1v) is 10.8. The van der Waals surface area contributed by atoms with E-state index >= 15 is 0 Å². The Morgan fingerprint density at radius 3 is 2.48 bits per heavy atom. The van der Waals surface area contributed by atoms with Crippen molar-refractivity contribution >= 4 is 22.1 Å². The number of methoxy groups -OCH3 is 2. The van der Waals surface area contributed by atoms with Crippen LogP contribution in [0.5, 0.6) is 11.5 Å². The van der Waals surface area contributed by atoms with Crippen molar-refractivity contribution in [3.8, 4) is 23.0 Å². The molecular formula is C17H23N3O5S2. The van der Waals surface area contributed by atoms with Gasteiger partial charge in [-0.3, -0.25) is 4.90 Å². The van der Waals surface area contributed by atoms with Gasteiger partial charge in [0.2, 0.25) is 5.89 Å². The molecule has 1 atom stereocenters. The van der Waals surface area contributed by atoms with Crippen molar-refractivity contribution in [1.82, 2.24) is 14.7 Å². The minimum absolute atomic E-state index is 0.0287. The van der Waals surface area contributed by atoms with Gasteiger partial charge in [0.15, 0.2) is 9.84 Å². The lowest BCUT2D eigenvalue weighted by molar-refractivity contribution is 0.162. The van der Waals surface area contributed by atoms with Gasteiger partial charge in [0.25, 0.3) is 4.84 Å². The zero-order valence-corrected chi connectivity index (χ0v) is 17.2. The minimum Gasteiger partial charge on any atom is -0.497 e. The molecule has 0 amide bonds. The second kappa shape index (κ2) is 7.99. The molecule has 148 valence electrons. The Morgan fingerprint density at radius 1 is 1.30 bits per heavy atom. The molecule has 1 aliphatic heterocycles. The Bertz CT molecular complexity index is 945. The standard InChI is InChI=1S/C17H23N3O5S2/c1-4-19(13-5-6-27(21,22)10-13)11-20-17(26)25-16(18-20)12-7-14(23-2)9-15(8-12)24-3/h7-9,13H,4-6,10-11H2,1-3H3/t13-/m1/s1. The first-order valence-electron chi connectivity index (χ1n) is 8.61. The number of nitrogens with zero attached hydrogens (tertiary/aromatic N) is 3. The SMILES string of the molecule is CCN(Cn1nc(-c2cc(OC)cc(OC)c2)oc1=S)[C@@H]1CCS(=O)(=O)C1. The lowest BCUT2D eigenvalue weighted by atomic mass is 10.2. The Kier molecular flexibility index (Phi) is 5.87. The van der Waals surface area contributed by atoms with E-state index in [0.29, 0.717) is 42.6 Å². The molecule has 0 spiro atoms. The zero-order chi connectivity index (χ0) is 19.6. The largest absolute Gasteiger partial charge is 0.497 e. The molecule has 0 saturated carbocycles. The number of hydrogen-bond donors (Lipinski definition) is 0. The molecule has 27 heavy (non-hydrogen) atoms. The minimum atomic E-state index is -2.95. The van der Waals surface area contributed by atoms with Gasteiger partial charge in [0.1, 0.15) is 11.5 Å². The molecule has 1 aliphatic rings. The summed E-state index contributed by atoms with van der Waals surface area (Å²) in [6.45, 7) is 3.06. The predicted octanol–water partition coefficient (Wildman–Crippen LogP) is 2.36. The summed E-state index contributed by atoms with van der Waals surface area (Å²) >= 11 is 5.31. The van der Waals surface area contributed by atoms with Crippen LogP contribution in [0.1, 0.15) is 13.3 Å². The van der Waals surface area contributed by atoms with E-state index in [1.165, 1.54) is 0 Å². The van der Waals surface area contributed by atoms with Crippen LogP contribution < -0.4 is 9.47 Å². The zero-order valence-electron chi connectivity index (χ0n) is 15.5. The summed E-state index contributed by atoms with van der Waals surface area (Å²) in [7, 11) is 0.187. The summed E-state index contributed by atoms with van der Waals surface area (Å²) < 4.78 is 41.3. The lowest BCUT2D eigenvalue weighted by Gasteiger charge is -2.25. The van der Waals surface area contributed by atoms with Crippen molar-refractivity contribution in [3.05, 3.63) is 23.0 Å². The number of hydrogen-bond acceptors (Lipinski definition) is 8. The molecule has 10 heteroatoms. The number of benzene rings is 1. The second-order valence-corrected chi connectivity index (χ2v) is 8.96. The number of rotatable bonds is 7. The molecule has 1 aromatic carbocycles. The molecule has 1 fully saturated rings. The Hall–Kier alpha value is -1.91. The van der Waals surface area contributed by atoms with Crippen molar-refractivity contribution in [1.29, 1.82) is 0 Å². The van der Waals surface area contributed by atoms with E-state index in [4.69, 9.17) is 26.1 Å². The molecule has 2 aromatic rings. The summed E-state index contributed by atoms with van der Waals surface area (Å²) in [6, 6.07) is 5.30. The molecule has 2 heterocycles. The van der Waals surface area contributed by atoms with Crippen LogP contribution in [0.4, 0.5) is 0 Å². The van der Waals surface area contributed by atoms with Crippen LogP contribution in [0.15, 0.2) is 22.6 Å². The van der Waals surface area contributed by atoms with Crippen LogP contribution in [0.25, 0.3) is 11.5 Å². The fourth-order valence-corrected chi connectivity index (χ4v) is 5.09. The molecule has 1 saturated heterocycles. The Balaban J connectivity index is 1.85. The van der Waals surface area contributed by atoms with Crippen LogP contribution in [0.2, 0.25) is 0 Å². The number of aromatic nitrogens is 2. The molecule has 0 aliphatic carbocycles. The van der Waals surface area contributed by atoms with Crippen LogP contribution >= 0.6 is 12.2 Å². The average Bonchev–Trinajstić information content (AvgIpc) is 3.21. The van der Waals surface area contributed by atoms with E-state index in [9.17, 15) is 8.42 Å². The highest BCUT2D eigenvalue weighted by atomic mass is 32.2. The number of sulfone groups is 1. The third-order valence-electron chi connectivity index (χ3n) is 4.65. The summed E-state index contributed by atoms with van der Waals surface area (Å²) in [5.41, 5.74) is 0.683. The van der Waals surface area contributed by atoms with Gasteiger partial charge in [0.05, 0.1) is 32.4 Å². The van der Waals surface area contributed by atoms with Crippen molar-refractivity contribution < 1.29 is 22.3 Å². The smallest absolute Gasteiger partial charge is 0.288 e. The summed E-state index contributed by atoms with van der Waals surface area (Å²) in [6.07, 6.45) is 0.626. The van der Waals surface area contributed by atoms with E-state index in [2.05, 4.69) is 10.00 Å². The normalized spacial score (nSPS) is 18.7. The van der Waals surface area contributed by atoms with Gasteiger partial charge in [-0.05, 0) is 37.3 Å². The first-order chi connectivity index (χ1) is 12.8. The topological polar surface area (TPSA) is 86.8 Å². The third kappa shape index (κ3) is 4.50. The van der Waals surface area contributed by atoms with Crippen LogP contribution in [0.3, 0.4) is 0 Å². The Morgan fingerprint density at radius 2 is 1.96 bits per heavy atom. The highest BCUT2D eigenvalue weighted by molar-refractivity contribution is 7.91. The maximum absolute atomic E-state index is 11.8. The fraction of sp³-hybridized carbons (Fsp3) is 0.529. The van der Waals surface area contributed by atoms with Gasteiger partial charge < -0.3 is 13.9 Å². The summed E-state index contributed by atoms with van der Waals surface area (Å²) in [5, 5.41) is 4.47. The third-order valence-corrected chi connectivity index (χ3v) is 6.70. The number of ether oxygens (including phenoxy) is 2. The molecule has 3 rings (SSSR count). The van der Waals surface area contributed by atoms with Crippen LogP contribution in [0, 0.1) is 4.84 Å². The molecule has 0 N–H and O–H groups in total. The quantitative estimate of drug-likeness (QED) is 0.640. The predicted molar refractivity (Wildman–Crippen MR) is 103 cm³/mol. The molecule has 8 nitrogen and oxygen atoms in total. The molecule has 1 aromatic heterocycles. The fourth-order valence-electron chi connectivity index (χ4n) is 3.15. The maximum atomic E-state index is 11.8. The van der Waals surface area contributed by atoms with Crippen LogP contribution in [-0.2, 0) is 16.5 Å². The van der Waals surface area contributed by atoms with Gasteiger partial charge in [-0.15, -0.1) is 5.10 Å². The van der Waals surface area contributed by atoms with Gasteiger partial charge in [-0.25, -0.2) is 13.1 Å². The van der Waals surface area contributed by atoms with E-state index in [0.717, 1.165) is 0 Å². The van der Waals surface area contributed by atoms with E-state index < -0.39 is 9.84 Å². The summed E-state index contributed by atoms with van der Waals surface area (Å²) in [5.74, 6) is 1.99. The van der Waals surface area contributed by atoms with E-state index in [-0.39, 0.29) is 22.4 Å². The Labute approximate surface area is 163 Å². The second-order valence-electron chi connectivity index (χ2n) is 6.38. The van der Waals surface area contributed by atoms with Crippen molar-refractivity contribution in [2.75, 3.05) is 32.3 Å². The first kappa shape index (κ1) is 19.8. The summed E-state index contributed by atoms with van der Waals surface area (Å²) in [4.78, 5) is 2.28. The monoisotopic (exact) mass is 413 g/mol. The van der Waals surface area contributed by atoms with Crippen molar-refractivity contribution in [2.45, 2.75) is 26.1 Å². The van der Waals surface area contributed by atoms with Gasteiger partial charge >= 0.3 is 0 Å². The maximum Gasteiger partial charge on any atom is 0.288 e. The molecule has 0 bridgehead atoms.